The fourth-order valence-corrected chi connectivity index (χ4v) is 4.47. The lowest BCUT2D eigenvalue weighted by atomic mass is 10.1. The Bertz CT molecular complexity index is 882. The van der Waals surface area contributed by atoms with Crippen molar-refractivity contribution in [3.05, 3.63) is 23.8 Å². The Hall–Kier alpha value is -1.66. The Morgan fingerprint density at radius 1 is 1.12 bits per heavy atom. The highest BCUT2D eigenvalue weighted by Crippen LogP contribution is 2.28. The van der Waals surface area contributed by atoms with Crippen molar-refractivity contribution in [3.63, 3.8) is 0 Å². The van der Waals surface area contributed by atoms with Gasteiger partial charge in [0.2, 0.25) is 5.16 Å². The lowest BCUT2D eigenvalue weighted by Gasteiger charge is -2.25. The van der Waals surface area contributed by atoms with Gasteiger partial charge in [0.15, 0.2) is 5.65 Å². The van der Waals surface area contributed by atoms with E-state index in [9.17, 15) is 0 Å². The van der Waals surface area contributed by atoms with Gasteiger partial charge in [-0.1, -0.05) is 29.8 Å². The summed E-state index contributed by atoms with van der Waals surface area (Å²) < 4.78 is 2.24. The second-order valence-electron chi connectivity index (χ2n) is 6.78. The first-order valence-corrected chi connectivity index (χ1v) is 10.2. The van der Waals surface area contributed by atoms with Crippen molar-refractivity contribution in [2.75, 3.05) is 25.4 Å². The van der Waals surface area contributed by atoms with Gasteiger partial charge in [-0.15, -0.1) is 10.2 Å². The molecule has 5 nitrogen and oxygen atoms in total. The monoisotopic (exact) mass is 355 g/mol. The van der Waals surface area contributed by atoms with E-state index in [1.807, 2.05) is 0 Å². The molecule has 4 rings (SSSR count). The lowest BCUT2D eigenvalue weighted by Crippen LogP contribution is -2.31. The van der Waals surface area contributed by atoms with Gasteiger partial charge in [0.1, 0.15) is 5.52 Å². The zero-order valence-corrected chi connectivity index (χ0v) is 15.8. The quantitative estimate of drug-likeness (QED) is 0.650. The van der Waals surface area contributed by atoms with Crippen LogP contribution in [0, 0.1) is 6.92 Å². The SMILES string of the molecule is CCn1c2ccc(C)cc2c2nnc(SCCN3CCCCC3)nc21. The van der Waals surface area contributed by atoms with Crippen LogP contribution in [-0.4, -0.2) is 50.0 Å². The van der Waals surface area contributed by atoms with Crippen LogP contribution in [0.2, 0.25) is 0 Å². The minimum atomic E-state index is 0.790. The highest BCUT2D eigenvalue weighted by molar-refractivity contribution is 7.99. The zero-order chi connectivity index (χ0) is 17.2. The minimum Gasteiger partial charge on any atom is -0.324 e. The molecule has 2 aromatic heterocycles. The van der Waals surface area contributed by atoms with Gasteiger partial charge < -0.3 is 9.47 Å². The first-order chi connectivity index (χ1) is 12.3. The van der Waals surface area contributed by atoms with E-state index in [1.54, 1.807) is 11.8 Å². The summed E-state index contributed by atoms with van der Waals surface area (Å²) in [6, 6.07) is 6.50. The zero-order valence-electron chi connectivity index (χ0n) is 15.0. The Labute approximate surface area is 152 Å². The second-order valence-corrected chi connectivity index (χ2v) is 7.84. The fourth-order valence-electron chi connectivity index (χ4n) is 3.69. The average molecular weight is 356 g/mol. The van der Waals surface area contributed by atoms with Crippen molar-refractivity contribution in [2.45, 2.75) is 44.8 Å². The molecule has 0 unspecified atom stereocenters. The third kappa shape index (κ3) is 3.37. The van der Waals surface area contributed by atoms with Crippen LogP contribution in [0.4, 0.5) is 0 Å². The average Bonchev–Trinajstić information content (AvgIpc) is 2.95. The predicted molar refractivity (Wildman–Crippen MR) is 104 cm³/mol. The van der Waals surface area contributed by atoms with Crippen LogP contribution in [0.1, 0.15) is 31.7 Å². The van der Waals surface area contributed by atoms with Crippen molar-refractivity contribution in [1.29, 1.82) is 0 Å². The molecular formula is C19H25N5S. The molecule has 0 aliphatic carbocycles. The lowest BCUT2D eigenvalue weighted by molar-refractivity contribution is 0.242. The van der Waals surface area contributed by atoms with Crippen LogP contribution in [-0.2, 0) is 6.54 Å². The number of fused-ring (bicyclic) bond motifs is 3. The summed E-state index contributed by atoms with van der Waals surface area (Å²) in [7, 11) is 0. The van der Waals surface area contributed by atoms with E-state index in [0.29, 0.717) is 0 Å². The number of piperidine rings is 1. The summed E-state index contributed by atoms with van der Waals surface area (Å²) in [5.74, 6) is 1.03. The number of aromatic nitrogens is 4. The first-order valence-electron chi connectivity index (χ1n) is 9.24. The van der Waals surface area contributed by atoms with Crippen LogP contribution >= 0.6 is 11.8 Å². The molecule has 0 bridgehead atoms. The van der Waals surface area contributed by atoms with Crippen LogP contribution in [0.3, 0.4) is 0 Å². The number of benzene rings is 1. The first kappa shape index (κ1) is 16.8. The number of rotatable bonds is 5. The van der Waals surface area contributed by atoms with Gasteiger partial charge in [-0.25, -0.2) is 4.98 Å². The highest BCUT2D eigenvalue weighted by Gasteiger charge is 2.15. The molecule has 25 heavy (non-hydrogen) atoms. The maximum absolute atomic E-state index is 4.83. The van der Waals surface area contributed by atoms with Gasteiger partial charge in [-0.2, -0.15) is 0 Å². The molecule has 0 N–H and O–H groups in total. The summed E-state index contributed by atoms with van der Waals surface area (Å²) >= 11 is 1.72. The van der Waals surface area contributed by atoms with Gasteiger partial charge in [-0.05, 0) is 51.9 Å². The number of hydrogen-bond donors (Lipinski definition) is 0. The Morgan fingerprint density at radius 3 is 2.76 bits per heavy atom. The van der Waals surface area contributed by atoms with Crippen molar-refractivity contribution in [1.82, 2.24) is 24.6 Å². The molecule has 0 saturated carbocycles. The molecule has 6 heteroatoms. The predicted octanol–water partition coefficient (Wildman–Crippen LogP) is 3.89. The molecule has 3 heterocycles. The third-order valence-electron chi connectivity index (χ3n) is 5.01. The molecule has 0 atom stereocenters. The van der Waals surface area contributed by atoms with E-state index < -0.39 is 0 Å². The summed E-state index contributed by atoms with van der Waals surface area (Å²) in [4.78, 5) is 7.38. The Kier molecular flexibility index (Phi) is 4.90. The summed E-state index contributed by atoms with van der Waals surface area (Å²) in [5, 5.41) is 10.8. The van der Waals surface area contributed by atoms with E-state index in [4.69, 9.17) is 4.98 Å². The normalized spacial score (nSPS) is 16.1. The molecule has 0 spiro atoms. The molecule has 1 aliphatic rings. The van der Waals surface area contributed by atoms with Crippen LogP contribution in [0.15, 0.2) is 23.4 Å². The summed E-state index contributed by atoms with van der Waals surface area (Å²) in [6.07, 6.45) is 4.06. The van der Waals surface area contributed by atoms with Gasteiger partial charge in [-0.3, -0.25) is 0 Å². The molecule has 0 radical (unpaired) electrons. The Balaban J connectivity index is 1.57. The Morgan fingerprint density at radius 2 is 1.96 bits per heavy atom. The van der Waals surface area contributed by atoms with Crippen molar-refractivity contribution < 1.29 is 0 Å². The molecule has 132 valence electrons. The standard InChI is InChI=1S/C19H25N5S/c1-3-24-16-8-7-14(2)13-15(16)17-18(24)20-19(22-21-17)25-12-11-23-9-5-4-6-10-23/h7-8,13H,3-6,9-12H2,1-2H3. The molecule has 1 aliphatic heterocycles. The van der Waals surface area contributed by atoms with Crippen molar-refractivity contribution >= 4 is 33.8 Å². The molecule has 0 amide bonds. The van der Waals surface area contributed by atoms with Gasteiger partial charge >= 0.3 is 0 Å². The smallest absolute Gasteiger partial charge is 0.211 e. The van der Waals surface area contributed by atoms with E-state index >= 15 is 0 Å². The highest BCUT2D eigenvalue weighted by atomic mass is 32.2. The number of thioether (sulfide) groups is 1. The van der Waals surface area contributed by atoms with Crippen LogP contribution < -0.4 is 0 Å². The van der Waals surface area contributed by atoms with Crippen molar-refractivity contribution in [2.24, 2.45) is 0 Å². The second kappa shape index (κ2) is 7.30. The number of nitrogens with zero attached hydrogens (tertiary/aromatic N) is 5. The molecule has 1 saturated heterocycles. The molecule has 3 aromatic rings. The molecule has 1 aromatic carbocycles. The third-order valence-corrected chi connectivity index (χ3v) is 5.82. The number of aryl methyl sites for hydroxylation is 2. The maximum Gasteiger partial charge on any atom is 0.211 e. The maximum atomic E-state index is 4.83. The number of hydrogen-bond acceptors (Lipinski definition) is 5. The van der Waals surface area contributed by atoms with Crippen LogP contribution in [0.5, 0.6) is 0 Å². The summed E-state index contributed by atoms with van der Waals surface area (Å²) in [6.45, 7) is 8.75. The largest absolute Gasteiger partial charge is 0.324 e. The minimum absolute atomic E-state index is 0.790. The molecular weight excluding hydrogens is 330 g/mol. The van der Waals surface area contributed by atoms with E-state index in [-0.39, 0.29) is 0 Å². The summed E-state index contributed by atoms with van der Waals surface area (Å²) in [5.41, 5.74) is 4.31. The molecule has 1 fully saturated rings. The van der Waals surface area contributed by atoms with E-state index in [2.05, 4.69) is 51.7 Å². The number of likely N-dealkylation sites (tertiary alicyclic amines) is 1. The van der Waals surface area contributed by atoms with Crippen molar-refractivity contribution in [3.8, 4) is 0 Å². The van der Waals surface area contributed by atoms with Crippen LogP contribution in [0.25, 0.3) is 22.1 Å². The fraction of sp³-hybridized carbons (Fsp3) is 0.526. The topological polar surface area (TPSA) is 46.8 Å². The van der Waals surface area contributed by atoms with E-state index in [1.165, 1.54) is 43.4 Å². The van der Waals surface area contributed by atoms with Gasteiger partial charge in [0.05, 0.1) is 5.52 Å². The van der Waals surface area contributed by atoms with Gasteiger partial charge in [0.25, 0.3) is 0 Å². The van der Waals surface area contributed by atoms with E-state index in [0.717, 1.165) is 40.5 Å². The van der Waals surface area contributed by atoms with Gasteiger partial charge in [0, 0.05) is 24.2 Å².